The summed E-state index contributed by atoms with van der Waals surface area (Å²) in [7, 11) is 0. The third kappa shape index (κ3) is 3.09. The number of nitrogens with one attached hydrogen (secondary N) is 1. The van der Waals surface area contributed by atoms with Crippen LogP contribution in [-0.2, 0) is 14.4 Å². The number of amides is 3. The number of halogens is 2. The average molecular weight is 402 g/mol. The Morgan fingerprint density at radius 1 is 1.11 bits per heavy atom. The van der Waals surface area contributed by atoms with Gasteiger partial charge in [0.05, 0.1) is 16.4 Å². The molecule has 3 amide bonds. The zero-order valence-electron chi connectivity index (χ0n) is 14.3. The number of hydrogen-bond donors (Lipinski definition) is 1. The number of anilines is 2. The molecule has 2 atom stereocenters. The highest BCUT2D eigenvalue weighted by Gasteiger charge is 2.55. The second kappa shape index (κ2) is 7.01. The summed E-state index contributed by atoms with van der Waals surface area (Å²) < 4.78 is 13.1. The molecule has 4 rings (SSSR count). The van der Waals surface area contributed by atoms with E-state index in [1.807, 2.05) is 0 Å². The summed E-state index contributed by atoms with van der Waals surface area (Å²) in [5.74, 6) is -2.09. The molecule has 0 saturated carbocycles. The molecular formula is C18H13ClFN5O3. The first kappa shape index (κ1) is 18.1. The molecule has 2 aliphatic heterocycles. The molecule has 2 aliphatic rings. The lowest BCUT2D eigenvalue weighted by molar-refractivity contribution is -0.123. The lowest BCUT2D eigenvalue weighted by Gasteiger charge is -2.20. The van der Waals surface area contributed by atoms with E-state index in [0.29, 0.717) is 10.7 Å². The highest BCUT2D eigenvalue weighted by atomic mass is 35.5. The number of carbonyl (C=O) groups is 3. The summed E-state index contributed by atoms with van der Waals surface area (Å²) in [6.07, 6.45) is 0. The molecule has 2 unspecified atom stereocenters. The smallest absolute Gasteiger partial charge is 0.263 e. The first-order chi connectivity index (χ1) is 13.5. The highest BCUT2D eigenvalue weighted by Crippen LogP contribution is 2.32. The van der Waals surface area contributed by atoms with E-state index in [0.717, 1.165) is 17.0 Å². The largest absolute Gasteiger partial charge is 0.323 e. The fourth-order valence-electron chi connectivity index (χ4n) is 3.10. The normalized spacial score (nSPS) is 20.6. The molecule has 1 N–H and O–H groups in total. The van der Waals surface area contributed by atoms with Crippen LogP contribution in [0.25, 0.3) is 0 Å². The van der Waals surface area contributed by atoms with Crippen LogP contribution in [0.5, 0.6) is 0 Å². The molecule has 2 aromatic rings. The molecule has 0 aromatic heterocycles. The third-order valence-electron chi connectivity index (χ3n) is 4.40. The van der Waals surface area contributed by atoms with E-state index in [4.69, 9.17) is 11.6 Å². The van der Waals surface area contributed by atoms with Crippen molar-refractivity contribution in [3.8, 4) is 0 Å². The van der Waals surface area contributed by atoms with Crippen molar-refractivity contribution in [3.05, 3.63) is 59.4 Å². The maximum atomic E-state index is 13.1. The number of para-hydroxylation sites is 1. The Kier molecular flexibility index (Phi) is 4.52. The Morgan fingerprint density at radius 2 is 1.82 bits per heavy atom. The number of fused-ring (bicyclic) bond motifs is 1. The van der Waals surface area contributed by atoms with Gasteiger partial charge in [-0.05, 0) is 36.4 Å². The standard InChI is InChI=1S/C18H13ClFN5O3/c19-12-3-1-2-4-13(12)21-14(26)9-24-16-15(22-23-24)17(27)25(18(16)28)11-7-5-10(20)6-8-11/h1-8,15-16H,9H2,(H,21,26). The number of rotatable bonds is 4. The second-order valence-electron chi connectivity index (χ2n) is 6.21. The van der Waals surface area contributed by atoms with E-state index in [1.165, 1.54) is 17.1 Å². The molecule has 28 heavy (non-hydrogen) atoms. The van der Waals surface area contributed by atoms with Gasteiger partial charge >= 0.3 is 0 Å². The lowest BCUT2D eigenvalue weighted by Crippen LogP contribution is -2.43. The number of carbonyl (C=O) groups excluding carboxylic acids is 3. The number of imide groups is 1. The Labute approximate surface area is 163 Å². The van der Waals surface area contributed by atoms with Crippen LogP contribution < -0.4 is 10.2 Å². The molecule has 10 heteroatoms. The maximum absolute atomic E-state index is 13.1. The molecule has 2 heterocycles. The molecule has 142 valence electrons. The van der Waals surface area contributed by atoms with E-state index >= 15 is 0 Å². The minimum absolute atomic E-state index is 0.237. The van der Waals surface area contributed by atoms with Crippen LogP contribution in [0.15, 0.2) is 58.9 Å². The van der Waals surface area contributed by atoms with E-state index < -0.39 is 35.6 Å². The van der Waals surface area contributed by atoms with E-state index in [9.17, 15) is 18.8 Å². The third-order valence-corrected chi connectivity index (χ3v) is 4.73. The topological polar surface area (TPSA) is 94.4 Å². The van der Waals surface area contributed by atoms with Crippen molar-refractivity contribution in [2.75, 3.05) is 16.8 Å². The number of nitrogens with zero attached hydrogens (tertiary/aromatic N) is 4. The molecule has 8 nitrogen and oxygen atoms in total. The summed E-state index contributed by atoms with van der Waals surface area (Å²) >= 11 is 6.01. The predicted octanol–water partition coefficient (Wildman–Crippen LogP) is 2.41. The monoisotopic (exact) mass is 401 g/mol. The Morgan fingerprint density at radius 3 is 2.54 bits per heavy atom. The quantitative estimate of drug-likeness (QED) is 0.796. The second-order valence-corrected chi connectivity index (χ2v) is 6.62. The van der Waals surface area contributed by atoms with Crippen LogP contribution in [0.1, 0.15) is 0 Å². The Bertz CT molecular complexity index is 997. The van der Waals surface area contributed by atoms with Gasteiger partial charge in [0.2, 0.25) is 5.91 Å². The van der Waals surface area contributed by atoms with Crippen LogP contribution in [0.4, 0.5) is 15.8 Å². The molecule has 0 aliphatic carbocycles. The van der Waals surface area contributed by atoms with Crippen molar-refractivity contribution in [2.45, 2.75) is 12.1 Å². The van der Waals surface area contributed by atoms with Gasteiger partial charge in [-0.25, -0.2) is 9.29 Å². The van der Waals surface area contributed by atoms with Crippen molar-refractivity contribution < 1.29 is 18.8 Å². The van der Waals surface area contributed by atoms with Crippen molar-refractivity contribution in [1.29, 1.82) is 0 Å². The molecule has 0 spiro atoms. The van der Waals surface area contributed by atoms with Gasteiger partial charge in [0.1, 0.15) is 12.4 Å². The van der Waals surface area contributed by atoms with E-state index in [-0.39, 0.29) is 12.2 Å². The van der Waals surface area contributed by atoms with Gasteiger partial charge in [-0.1, -0.05) is 29.0 Å². The molecule has 1 fully saturated rings. The average Bonchev–Trinajstić information content (AvgIpc) is 3.18. The Hall–Kier alpha value is -3.33. The van der Waals surface area contributed by atoms with E-state index in [2.05, 4.69) is 15.7 Å². The Balaban J connectivity index is 1.49. The van der Waals surface area contributed by atoms with E-state index in [1.54, 1.807) is 24.3 Å². The van der Waals surface area contributed by atoms with Crippen molar-refractivity contribution in [3.63, 3.8) is 0 Å². The fraction of sp³-hybridized carbons (Fsp3) is 0.167. The van der Waals surface area contributed by atoms with Crippen molar-refractivity contribution in [1.82, 2.24) is 5.01 Å². The van der Waals surface area contributed by atoms with Crippen LogP contribution in [0.3, 0.4) is 0 Å². The summed E-state index contributed by atoms with van der Waals surface area (Å²) in [5, 5.41) is 11.8. The molecule has 0 radical (unpaired) electrons. The van der Waals surface area contributed by atoms with Crippen molar-refractivity contribution >= 4 is 40.7 Å². The zero-order valence-corrected chi connectivity index (χ0v) is 15.0. The molecule has 0 bridgehead atoms. The minimum atomic E-state index is -1.04. The highest BCUT2D eigenvalue weighted by molar-refractivity contribution is 6.33. The summed E-state index contributed by atoms with van der Waals surface area (Å²) in [5.41, 5.74) is 0.657. The van der Waals surface area contributed by atoms with Gasteiger partial charge in [-0.15, -0.1) is 0 Å². The minimum Gasteiger partial charge on any atom is -0.323 e. The lowest BCUT2D eigenvalue weighted by atomic mass is 10.1. The van der Waals surface area contributed by atoms with Gasteiger partial charge in [-0.3, -0.25) is 19.4 Å². The van der Waals surface area contributed by atoms with Gasteiger partial charge < -0.3 is 5.32 Å². The maximum Gasteiger partial charge on any atom is 0.263 e. The summed E-state index contributed by atoms with van der Waals surface area (Å²) in [4.78, 5) is 38.6. The van der Waals surface area contributed by atoms with Crippen LogP contribution in [-0.4, -0.2) is 41.4 Å². The van der Waals surface area contributed by atoms with Crippen LogP contribution in [0, 0.1) is 5.82 Å². The van der Waals surface area contributed by atoms with Gasteiger partial charge in [0.25, 0.3) is 11.8 Å². The fourth-order valence-corrected chi connectivity index (χ4v) is 3.28. The molecular weight excluding hydrogens is 389 g/mol. The van der Waals surface area contributed by atoms with Gasteiger partial charge in [-0.2, -0.15) is 5.11 Å². The molecule has 1 saturated heterocycles. The summed E-state index contributed by atoms with van der Waals surface area (Å²) in [6, 6.07) is 9.62. The van der Waals surface area contributed by atoms with Gasteiger partial charge in [0.15, 0.2) is 12.1 Å². The predicted molar refractivity (Wildman–Crippen MR) is 98.1 cm³/mol. The molecule has 2 aromatic carbocycles. The van der Waals surface area contributed by atoms with Crippen LogP contribution in [0.2, 0.25) is 5.02 Å². The SMILES string of the molecule is O=C(CN1N=NC2C(=O)N(c3ccc(F)cc3)C(=O)C21)Nc1ccccc1Cl. The van der Waals surface area contributed by atoms with Gasteiger partial charge in [0, 0.05) is 0 Å². The zero-order chi connectivity index (χ0) is 19.8. The summed E-state index contributed by atoms with van der Waals surface area (Å²) in [6.45, 7) is -0.286. The number of hydrogen-bond acceptors (Lipinski definition) is 6. The first-order valence-corrected chi connectivity index (χ1v) is 8.68. The van der Waals surface area contributed by atoms with Crippen LogP contribution >= 0.6 is 11.6 Å². The number of benzene rings is 2. The van der Waals surface area contributed by atoms with Crippen molar-refractivity contribution in [2.24, 2.45) is 10.3 Å². The first-order valence-electron chi connectivity index (χ1n) is 8.31.